The van der Waals surface area contributed by atoms with Crippen molar-refractivity contribution < 1.29 is 14.3 Å². The normalized spacial score (nSPS) is 16.1. The predicted molar refractivity (Wildman–Crippen MR) is 149 cm³/mol. The Morgan fingerprint density at radius 3 is 2.22 bits per heavy atom. The molecular formula is C28H30Cl2N2O3S. The molecule has 1 aliphatic carbocycles. The van der Waals surface area contributed by atoms with Crippen molar-refractivity contribution in [3.63, 3.8) is 0 Å². The number of carbonyl (C=O) groups excluding carboxylic acids is 2. The number of ether oxygens (including phenoxy) is 1. The molecule has 2 N–H and O–H groups in total. The van der Waals surface area contributed by atoms with Crippen LogP contribution in [-0.2, 0) is 17.6 Å². The maximum atomic E-state index is 13.5. The number of rotatable bonds is 6. The van der Waals surface area contributed by atoms with Gasteiger partial charge in [0.2, 0.25) is 0 Å². The van der Waals surface area contributed by atoms with Gasteiger partial charge in [0.05, 0.1) is 5.56 Å². The number of hydrogen-bond acceptors (Lipinski definition) is 4. The Balaban J connectivity index is 1.59. The Bertz CT molecular complexity index is 1250. The lowest BCUT2D eigenvalue weighted by molar-refractivity contribution is -0.122. The smallest absolute Gasteiger partial charge is 0.265 e. The zero-order valence-electron chi connectivity index (χ0n) is 20.8. The lowest BCUT2D eigenvalue weighted by Crippen LogP contribution is -2.30. The maximum Gasteiger partial charge on any atom is 0.265 e. The second-order valence-electron chi connectivity index (χ2n) is 10.2. The molecule has 0 fully saturated rings. The van der Waals surface area contributed by atoms with E-state index in [-0.39, 0.29) is 17.2 Å². The number of carbonyl (C=O) groups is 2. The minimum absolute atomic E-state index is 0.164. The van der Waals surface area contributed by atoms with Crippen molar-refractivity contribution in [1.82, 2.24) is 0 Å². The van der Waals surface area contributed by atoms with Gasteiger partial charge in [-0.25, -0.2) is 0 Å². The van der Waals surface area contributed by atoms with Gasteiger partial charge in [0.25, 0.3) is 11.8 Å². The summed E-state index contributed by atoms with van der Waals surface area (Å²) in [5, 5.41) is 7.68. The van der Waals surface area contributed by atoms with Gasteiger partial charge in [-0.05, 0) is 91.6 Å². The van der Waals surface area contributed by atoms with E-state index in [4.69, 9.17) is 27.9 Å². The molecule has 0 radical (unpaired) electrons. The lowest BCUT2D eigenvalue weighted by atomic mass is 9.72. The molecule has 1 heterocycles. The topological polar surface area (TPSA) is 67.4 Å². The van der Waals surface area contributed by atoms with E-state index in [1.165, 1.54) is 11.3 Å². The first kappa shape index (κ1) is 26.5. The van der Waals surface area contributed by atoms with Crippen LogP contribution in [0.15, 0.2) is 48.5 Å². The number of nitrogens with one attached hydrogen (secondary N) is 2. The van der Waals surface area contributed by atoms with Gasteiger partial charge >= 0.3 is 0 Å². The van der Waals surface area contributed by atoms with E-state index in [0.29, 0.717) is 38.0 Å². The van der Waals surface area contributed by atoms with Gasteiger partial charge in [0.15, 0.2) is 6.10 Å². The van der Waals surface area contributed by atoms with Gasteiger partial charge in [0.1, 0.15) is 10.8 Å². The van der Waals surface area contributed by atoms with Crippen LogP contribution in [0.5, 0.6) is 5.75 Å². The van der Waals surface area contributed by atoms with Crippen molar-refractivity contribution in [2.45, 2.75) is 53.1 Å². The van der Waals surface area contributed by atoms with Gasteiger partial charge < -0.3 is 15.4 Å². The summed E-state index contributed by atoms with van der Waals surface area (Å²) in [5.41, 5.74) is 2.36. The number of thiophene rings is 1. The van der Waals surface area contributed by atoms with Crippen molar-refractivity contribution >= 4 is 57.0 Å². The number of halogens is 2. The van der Waals surface area contributed by atoms with E-state index >= 15 is 0 Å². The molecule has 1 aliphatic rings. The molecule has 2 amide bonds. The lowest BCUT2D eigenvalue weighted by Gasteiger charge is -2.33. The highest BCUT2D eigenvalue weighted by atomic mass is 35.5. The van der Waals surface area contributed by atoms with E-state index in [9.17, 15) is 9.59 Å². The summed E-state index contributed by atoms with van der Waals surface area (Å²) in [5.74, 6) is 0.481. The maximum absolute atomic E-state index is 13.5. The fourth-order valence-corrected chi connectivity index (χ4v) is 5.94. The van der Waals surface area contributed by atoms with E-state index < -0.39 is 6.10 Å². The largest absolute Gasteiger partial charge is 0.481 e. The van der Waals surface area contributed by atoms with Crippen LogP contribution in [0.3, 0.4) is 0 Å². The Kier molecular flexibility index (Phi) is 7.98. The van der Waals surface area contributed by atoms with Gasteiger partial charge in [0, 0.05) is 20.6 Å². The first-order chi connectivity index (χ1) is 17.0. The summed E-state index contributed by atoms with van der Waals surface area (Å²) in [6, 6.07) is 13.8. The number of benzene rings is 2. The van der Waals surface area contributed by atoms with Crippen LogP contribution in [0.4, 0.5) is 10.7 Å². The number of anilines is 2. The zero-order valence-corrected chi connectivity index (χ0v) is 23.1. The molecule has 2 unspecified atom stereocenters. The van der Waals surface area contributed by atoms with Crippen LogP contribution in [-0.4, -0.2) is 17.9 Å². The van der Waals surface area contributed by atoms with Gasteiger partial charge in [-0.15, -0.1) is 11.3 Å². The first-order valence-corrected chi connectivity index (χ1v) is 13.5. The highest BCUT2D eigenvalue weighted by Crippen LogP contribution is 2.44. The molecule has 3 aromatic rings. The zero-order chi connectivity index (χ0) is 26.0. The molecule has 36 heavy (non-hydrogen) atoms. The average molecular weight is 546 g/mol. The van der Waals surface area contributed by atoms with Crippen LogP contribution in [0.25, 0.3) is 0 Å². The third kappa shape index (κ3) is 6.23. The quantitative estimate of drug-likeness (QED) is 0.331. The summed E-state index contributed by atoms with van der Waals surface area (Å²) >= 11 is 13.4. The number of amides is 2. The number of fused-ring (bicyclic) bond motifs is 1. The fraction of sp³-hybridized carbons (Fsp3) is 0.357. The summed E-state index contributed by atoms with van der Waals surface area (Å²) in [4.78, 5) is 27.7. The van der Waals surface area contributed by atoms with Crippen molar-refractivity contribution in [1.29, 1.82) is 0 Å². The predicted octanol–water partition coefficient (Wildman–Crippen LogP) is 7.86. The molecule has 190 valence electrons. The van der Waals surface area contributed by atoms with E-state index in [1.807, 2.05) is 0 Å². The van der Waals surface area contributed by atoms with Crippen LogP contribution in [0.2, 0.25) is 10.0 Å². The molecular weight excluding hydrogens is 515 g/mol. The molecule has 0 saturated carbocycles. The van der Waals surface area contributed by atoms with Crippen molar-refractivity contribution in [3.8, 4) is 5.75 Å². The molecule has 8 heteroatoms. The van der Waals surface area contributed by atoms with E-state index in [0.717, 1.165) is 29.7 Å². The molecule has 1 aromatic heterocycles. The molecule has 5 nitrogen and oxygen atoms in total. The summed E-state index contributed by atoms with van der Waals surface area (Å²) in [6.07, 6.45) is 1.92. The molecule has 2 aromatic carbocycles. The fourth-order valence-electron chi connectivity index (χ4n) is 4.36. The van der Waals surface area contributed by atoms with Crippen LogP contribution in [0, 0.1) is 11.3 Å². The van der Waals surface area contributed by atoms with Crippen molar-refractivity contribution in [2.24, 2.45) is 11.3 Å². The Labute approximate surface area is 226 Å². The van der Waals surface area contributed by atoms with Crippen molar-refractivity contribution in [3.05, 3.63) is 74.6 Å². The second-order valence-corrected chi connectivity index (χ2v) is 12.2. The minimum atomic E-state index is -0.764. The monoisotopic (exact) mass is 544 g/mol. The van der Waals surface area contributed by atoms with Crippen LogP contribution >= 0.6 is 34.5 Å². The summed E-state index contributed by atoms with van der Waals surface area (Å²) < 4.78 is 5.80. The van der Waals surface area contributed by atoms with Crippen molar-refractivity contribution in [2.75, 3.05) is 10.6 Å². The first-order valence-electron chi connectivity index (χ1n) is 12.0. The SMILES string of the molecule is CC(Oc1ccc(Cl)cc1)C(=O)Nc1sc2c(c1C(=O)Nc1ccc(Cl)cc1)CCC(C(C)(C)C)C2. The van der Waals surface area contributed by atoms with Gasteiger partial charge in [-0.2, -0.15) is 0 Å². The Morgan fingerprint density at radius 1 is 1.00 bits per heavy atom. The van der Waals surface area contributed by atoms with Crippen LogP contribution < -0.4 is 15.4 Å². The highest BCUT2D eigenvalue weighted by molar-refractivity contribution is 7.17. The number of hydrogen-bond donors (Lipinski definition) is 2. The summed E-state index contributed by atoms with van der Waals surface area (Å²) in [7, 11) is 0. The highest BCUT2D eigenvalue weighted by Gasteiger charge is 2.34. The average Bonchev–Trinajstić information content (AvgIpc) is 3.18. The minimum Gasteiger partial charge on any atom is -0.481 e. The molecule has 0 spiro atoms. The van der Waals surface area contributed by atoms with E-state index in [2.05, 4.69) is 31.4 Å². The van der Waals surface area contributed by atoms with Gasteiger partial charge in [-0.1, -0.05) is 44.0 Å². The van der Waals surface area contributed by atoms with E-state index in [1.54, 1.807) is 55.5 Å². The third-order valence-corrected chi connectivity index (χ3v) is 8.23. The summed E-state index contributed by atoms with van der Waals surface area (Å²) in [6.45, 7) is 8.44. The molecule has 0 aliphatic heterocycles. The second kappa shape index (κ2) is 10.8. The third-order valence-electron chi connectivity index (χ3n) is 6.55. The molecule has 2 atom stereocenters. The van der Waals surface area contributed by atoms with Crippen LogP contribution in [0.1, 0.15) is 54.9 Å². The molecule has 0 saturated heterocycles. The Hall–Kier alpha value is -2.54. The molecule has 4 rings (SSSR count). The molecule has 0 bridgehead atoms. The standard InChI is InChI=1S/C28H30Cl2N2O3S/c1-16(35-21-12-8-19(30)9-13-21)25(33)32-27-24(26(34)31-20-10-6-18(29)7-11-20)22-14-5-17(28(2,3)4)15-23(22)36-27/h6-13,16-17H,5,14-15H2,1-4H3,(H,31,34)(H,32,33). The van der Waals surface area contributed by atoms with Gasteiger partial charge in [-0.3, -0.25) is 9.59 Å². The Morgan fingerprint density at radius 2 is 1.61 bits per heavy atom.